The van der Waals surface area contributed by atoms with Gasteiger partial charge < -0.3 is 14.4 Å². The topological polar surface area (TPSA) is 54.9 Å². The fraction of sp³-hybridized carbons (Fsp3) is 0.364. The fourth-order valence-corrected chi connectivity index (χ4v) is 4.16. The zero-order valence-corrected chi connectivity index (χ0v) is 18.2. The summed E-state index contributed by atoms with van der Waals surface area (Å²) in [7, 11) is 3.22. The molecule has 0 saturated carbocycles. The SMILES string of the molecule is CCN(CC)CCN(C(=O)c1ccccc1)c1nc2cc(OC)c(OC)cc2s1. The van der Waals surface area contributed by atoms with Gasteiger partial charge in [-0.1, -0.05) is 43.4 Å². The Kier molecular flexibility index (Phi) is 7.06. The van der Waals surface area contributed by atoms with Crippen LogP contribution in [0.15, 0.2) is 42.5 Å². The van der Waals surface area contributed by atoms with Crippen molar-refractivity contribution in [2.75, 3.05) is 45.3 Å². The number of rotatable bonds is 9. The van der Waals surface area contributed by atoms with Crippen LogP contribution in [-0.2, 0) is 0 Å². The number of hydrogen-bond acceptors (Lipinski definition) is 6. The molecule has 0 bridgehead atoms. The fourth-order valence-electron chi connectivity index (χ4n) is 3.16. The van der Waals surface area contributed by atoms with Gasteiger partial charge in [0.1, 0.15) is 0 Å². The number of hydrogen-bond donors (Lipinski definition) is 0. The zero-order chi connectivity index (χ0) is 20.8. The quantitative estimate of drug-likeness (QED) is 0.523. The van der Waals surface area contributed by atoms with Crippen LogP contribution in [0.4, 0.5) is 5.13 Å². The van der Waals surface area contributed by atoms with Gasteiger partial charge in [-0.05, 0) is 25.2 Å². The molecule has 1 aromatic heterocycles. The number of ether oxygens (including phenoxy) is 2. The van der Waals surface area contributed by atoms with Gasteiger partial charge in [0.05, 0.1) is 24.4 Å². The van der Waals surface area contributed by atoms with Crippen molar-refractivity contribution in [3.8, 4) is 11.5 Å². The van der Waals surface area contributed by atoms with Crippen LogP contribution in [0.2, 0.25) is 0 Å². The summed E-state index contributed by atoms with van der Waals surface area (Å²) in [6, 6.07) is 13.1. The molecule has 0 unspecified atom stereocenters. The zero-order valence-electron chi connectivity index (χ0n) is 17.3. The normalized spacial score (nSPS) is 11.1. The lowest BCUT2D eigenvalue weighted by Crippen LogP contribution is -2.38. The Labute approximate surface area is 175 Å². The molecule has 0 spiro atoms. The van der Waals surface area contributed by atoms with Crippen molar-refractivity contribution >= 4 is 32.6 Å². The van der Waals surface area contributed by atoms with Crippen molar-refractivity contribution in [1.82, 2.24) is 9.88 Å². The van der Waals surface area contributed by atoms with Crippen LogP contribution in [0.1, 0.15) is 24.2 Å². The summed E-state index contributed by atoms with van der Waals surface area (Å²) in [5, 5.41) is 0.677. The number of thiazole rings is 1. The summed E-state index contributed by atoms with van der Waals surface area (Å²) in [5.74, 6) is 1.23. The van der Waals surface area contributed by atoms with Gasteiger partial charge in [-0.25, -0.2) is 4.98 Å². The maximum Gasteiger partial charge on any atom is 0.260 e. The second-order valence-electron chi connectivity index (χ2n) is 6.52. The first kappa shape index (κ1) is 21.1. The lowest BCUT2D eigenvalue weighted by atomic mass is 10.2. The molecule has 3 aromatic rings. The standard InChI is InChI=1S/C22H27N3O3S/c1-5-24(6-2)12-13-25(21(26)16-10-8-7-9-11-16)22-23-17-14-18(27-3)19(28-4)15-20(17)29-22/h7-11,14-15H,5-6,12-13H2,1-4H3. The summed E-state index contributed by atoms with van der Waals surface area (Å²) in [6.07, 6.45) is 0. The minimum atomic E-state index is -0.0456. The predicted molar refractivity (Wildman–Crippen MR) is 119 cm³/mol. The first-order chi connectivity index (χ1) is 14.1. The van der Waals surface area contributed by atoms with Crippen molar-refractivity contribution in [2.45, 2.75) is 13.8 Å². The number of fused-ring (bicyclic) bond motifs is 1. The van der Waals surface area contributed by atoms with Gasteiger partial charge in [0.15, 0.2) is 16.6 Å². The van der Waals surface area contributed by atoms with Gasteiger partial charge in [-0.15, -0.1) is 0 Å². The average molecular weight is 414 g/mol. The van der Waals surface area contributed by atoms with Gasteiger partial charge in [-0.2, -0.15) is 0 Å². The van der Waals surface area contributed by atoms with E-state index in [4.69, 9.17) is 14.5 Å². The number of aromatic nitrogens is 1. The molecule has 6 nitrogen and oxygen atoms in total. The number of anilines is 1. The van der Waals surface area contributed by atoms with E-state index in [1.54, 1.807) is 19.1 Å². The molecule has 0 atom stereocenters. The van der Waals surface area contributed by atoms with Gasteiger partial charge in [0.2, 0.25) is 0 Å². The Balaban J connectivity index is 1.99. The number of methoxy groups -OCH3 is 2. The largest absolute Gasteiger partial charge is 0.493 e. The number of carbonyl (C=O) groups is 1. The molecule has 1 heterocycles. The van der Waals surface area contributed by atoms with E-state index >= 15 is 0 Å². The highest BCUT2D eigenvalue weighted by molar-refractivity contribution is 7.22. The van der Waals surface area contributed by atoms with E-state index in [0.717, 1.165) is 29.9 Å². The number of likely N-dealkylation sites (N-methyl/N-ethyl adjacent to an activating group) is 1. The molecule has 0 aliphatic rings. The van der Waals surface area contributed by atoms with E-state index < -0.39 is 0 Å². The molecule has 0 aliphatic carbocycles. The molecule has 3 rings (SSSR count). The van der Waals surface area contributed by atoms with Crippen molar-refractivity contribution in [3.63, 3.8) is 0 Å². The maximum absolute atomic E-state index is 13.3. The second-order valence-corrected chi connectivity index (χ2v) is 7.53. The lowest BCUT2D eigenvalue weighted by Gasteiger charge is -2.24. The van der Waals surface area contributed by atoms with Crippen LogP contribution in [0.3, 0.4) is 0 Å². The number of carbonyl (C=O) groups excluding carboxylic acids is 1. The molecule has 1 amide bonds. The van der Waals surface area contributed by atoms with E-state index in [9.17, 15) is 4.79 Å². The highest BCUT2D eigenvalue weighted by Gasteiger charge is 2.22. The van der Waals surface area contributed by atoms with Crippen molar-refractivity contribution < 1.29 is 14.3 Å². The van der Waals surface area contributed by atoms with Crippen LogP contribution in [0.25, 0.3) is 10.2 Å². The summed E-state index contributed by atoms with van der Waals surface area (Å²) >= 11 is 1.48. The highest BCUT2D eigenvalue weighted by Crippen LogP contribution is 2.37. The molecule has 29 heavy (non-hydrogen) atoms. The van der Waals surface area contributed by atoms with Gasteiger partial charge in [0.25, 0.3) is 5.91 Å². The first-order valence-electron chi connectivity index (χ1n) is 9.73. The molecule has 2 aromatic carbocycles. The van der Waals surface area contributed by atoms with Gasteiger partial charge in [-0.3, -0.25) is 9.69 Å². The highest BCUT2D eigenvalue weighted by atomic mass is 32.1. The van der Waals surface area contributed by atoms with Crippen LogP contribution >= 0.6 is 11.3 Å². The van der Waals surface area contributed by atoms with E-state index in [1.165, 1.54) is 11.3 Å². The van der Waals surface area contributed by atoms with Crippen molar-refractivity contribution in [3.05, 3.63) is 48.0 Å². The number of benzene rings is 2. The Morgan fingerprint density at radius 1 is 1.00 bits per heavy atom. The Morgan fingerprint density at radius 2 is 1.66 bits per heavy atom. The molecule has 0 radical (unpaired) electrons. The van der Waals surface area contributed by atoms with Crippen LogP contribution < -0.4 is 14.4 Å². The summed E-state index contributed by atoms with van der Waals surface area (Å²) in [5.41, 5.74) is 1.44. The van der Waals surface area contributed by atoms with E-state index in [1.807, 2.05) is 42.5 Å². The lowest BCUT2D eigenvalue weighted by molar-refractivity contribution is 0.0984. The van der Waals surface area contributed by atoms with Gasteiger partial charge >= 0.3 is 0 Å². The second kappa shape index (κ2) is 9.71. The molecular weight excluding hydrogens is 386 g/mol. The molecule has 7 heteroatoms. The Hall–Kier alpha value is -2.64. The minimum Gasteiger partial charge on any atom is -0.493 e. The van der Waals surface area contributed by atoms with Gasteiger partial charge in [0, 0.05) is 30.8 Å². The molecular formula is C22H27N3O3S. The van der Waals surface area contributed by atoms with E-state index in [2.05, 4.69) is 18.7 Å². The van der Waals surface area contributed by atoms with Crippen LogP contribution in [0.5, 0.6) is 11.5 Å². The van der Waals surface area contributed by atoms with E-state index in [0.29, 0.717) is 28.7 Å². The third-order valence-electron chi connectivity index (χ3n) is 4.91. The molecule has 0 N–H and O–H groups in total. The van der Waals surface area contributed by atoms with Crippen LogP contribution in [-0.4, -0.2) is 56.2 Å². The third-order valence-corrected chi connectivity index (χ3v) is 5.95. The summed E-state index contributed by atoms with van der Waals surface area (Å²) in [6.45, 7) is 7.50. The van der Waals surface area contributed by atoms with Crippen molar-refractivity contribution in [1.29, 1.82) is 0 Å². The number of nitrogens with zero attached hydrogens (tertiary/aromatic N) is 3. The maximum atomic E-state index is 13.3. The first-order valence-corrected chi connectivity index (χ1v) is 10.5. The molecule has 0 saturated heterocycles. The molecule has 0 fully saturated rings. The molecule has 0 aliphatic heterocycles. The summed E-state index contributed by atoms with van der Waals surface area (Å²) < 4.78 is 11.7. The summed E-state index contributed by atoms with van der Waals surface area (Å²) in [4.78, 5) is 22.1. The number of amides is 1. The third kappa shape index (κ3) is 4.68. The van der Waals surface area contributed by atoms with Crippen molar-refractivity contribution in [2.24, 2.45) is 0 Å². The minimum absolute atomic E-state index is 0.0456. The average Bonchev–Trinajstić information content (AvgIpc) is 3.18. The van der Waals surface area contributed by atoms with E-state index in [-0.39, 0.29) is 5.91 Å². The van der Waals surface area contributed by atoms with Crippen LogP contribution in [0, 0.1) is 0 Å². The molecule has 154 valence electrons. The monoisotopic (exact) mass is 413 g/mol. The smallest absolute Gasteiger partial charge is 0.260 e. The Bertz CT molecular complexity index is 914. The predicted octanol–water partition coefficient (Wildman–Crippen LogP) is 4.30. The Morgan fingerprint density at radius 3 is 2.28 bits per heavy atom.